The van der Waals surface area contributed by atoms with Gasteiger partial charge in [0, 0.05) is 23.5 Å². The molecule has 0 unspecified atom stereocenters. The summed E-state index contributed by atoms with van der Waals surface area (Å²) in [5.74, 6) is -1.25. The molecule has 3 amide bonds. The van der Waals surface area contributed by atoms with Crippen molar-refractivity contribution in [2.45, 2.75) is 32.1 Å². The smallest absolute Gasteiger partial charge is 0.251 e. The first-order valence-electron chi connectivity index (χ1n) is 9.15. The largest absolute Gasteiger partial charge is 0.365 e. The zero-order valence-electron chi connectivity index (χ0n) is 14.9. The Balaban J connectivity index is 1.53. The van der Waals surface area contributed by atoms with Crippen LogP contribution in [0.25, 0.3) is 0 Å². The number of nitrogens with two attached hydrogens (primary N) is 1. The average Bonchev–Trinajstić information content (AvgIpc) is 3.22. The number of thiophene rings is 1. The van der Waals surface area contributed by atoms with Gasteiger partial charge in [-0.05, 0) is 43.4 Å². The lowest BCUT2D eigenvalue weighted by atomic mass is 9.95. The zero-order chi connectivity index (χ0) is 19.0. The number of aryl methyl sites for hydroxylation is 1. The monoisotopic (exact) mass is 383 g/mol. The van der Waals surface area contributed by atoms with Gasteiger partial charge in [0.25, 0.3) is 5.91 Å². The molecule has 1 aromatic heterocycles. The van der Waals surface area contributed by atoms with Gasteiger partial charge in [-0.15, -0.1) is 11.3 Å². The van der Waals surface area contributed by atoms with Gasteiger partial charge in [0.2, 0.25) is 11.8 Å². The summed E-state index contributed by atoms with van der Waals surface area (Å²) in [6, 6.07) is 9.34. The summed E-state index contributed by atoms with van der Waals surface area (Å²) in [7, 11) is 0. The second-order valence-corrected chi connectivity index (χ2v) is 8.11. The number of para-hydroxylation sites is 1. The normalized spacial score (nSPS) is 19.0. The highest BCUT2D eigenvalue weighted by Gasteiger charge is 2.36. The topological polar surface area (TPSA) is 92.5 Å². The van der Waals surface area contributed by atoms with E-state index in [4.69, 9.17) is 5.73 Å². The Bertz CT molecular complexity index is 907. The first-order valence-corrected chi connectivity index (χ1v) is 9.97. The fourth-order valence-corrected chi connectivity index (χ4v) is 5.17. The van der Waals surface area contributed by atoms with E-state index >= 15 is 0 Å². The van der Waals surface area contributed by atoms with Crippen LogP contribution in [0.2, 0.25) is 0 Å². The Kier molecular flexibility index (Phi) is 4.70. The molecular formula is C20H21N3O3S. The Morgan fingerprint density at radius 3 is 2.63 bits per heavy atom. The molecule has 1 aromatic carbocycles. The van der Waals surface area contributed by atoms with Crippen molar-refractivity contribution in [2.24, 2.45) is 11.7 Å². The van der Waals surface area contributed by atoms with E-state index in [-0.39, 0.29) is 18.2 Å². The molecule has 7 heteroatoms. The Labute approximate surface area is 161 Å². The van der Waals surface area contributed by atoms with Gasteiger partial charge in [-0.3, -0.25) is 14.4 Å². The summed E-state index contributed by atoms with van der Waals surface area (Å²) >= 11 is 1.44. The fourth-order valence-electron chi connectivity index (χ4n) is 3.87. The third-order valence-corrected chi connectivity index (χ3v) is 6.43. The molecule has 1 aliphatic carbocycles. The molecule has 1 atom stereocenters. The number of hydrogen-bond donors (Lipinski definition) is 2. The Morgan fingerprint density at radius 1 is 1.15 bits per heavy atom. The number of amides is 3. The lowest BCUT2D eigenvalue weighted by molar-refractivity contribution is -0.122. The van der Waals surface area contributed by atoms with Crippen molar-refractivity contribution in [3.8, 4) is 0 Å². The molecule has 0 saturated carbocycles. The second kappa shape index (κ2) is 7.15. The molecule has 4 rings (SSSR count). The Hall–Kier alpha value is -2.67. The Morgan fingerprint density at radius 2 is 1.89 bits per heavy atom. The summed E-state index contributed by atoms with van der Waals surface area (Å²) in [6.07, 6.45) is 4.02. The number of fused-ring (bicyclic) bond motifs is 1. The van der Waals surface area contributed by atoms with Crippen LogP contribution in [0.1, 0.15) is 40.1 Å². The number of carbonyl (C=O) groups is 3. The summed E-state index contributed by atoms with van der Waals surface area (Å²) in [5, 5.41) is 3.42. The van der Waals surface area contributed by atoms with Crippen molar-refractivity contribution in [1.82, 2.24) is 0 Å². The van der Waals surface area contributed by atoms with E-state index in [1.54, 1.807) is 4.90 Å². The van der Waals surface area contributed by atoms with Crippen LogP contribution in [-0.4, -0.2) is 24.3 Å². The van der Waals surface area contributed by atoms with Gasteiger partial charge in [0.1, 0.15) is 5.00 Å². The highest BCUT2D eigenvalue weighted by Crippen LogP contribution is 2.38. The molecule has 0 bridgehead atoms. The van der Waals surface area contributed by atoms with Gasteiger partial charge in [-0.25, -0.2) is 0 Å². The number of nitrogens with one attached hydrogen (secondary N) is 1. The molecular weight excluding hydrogens is 362 g/mol. The minimum Gasteiger partial charge on any atom is -0.365 e. The number of carbonyl (C=O) groups excluding carboxylic acids is 3. The highest BCUT2D eigenvalue weighted by atomic mass is 32.1. The number of hydrogen-bond acceptors (Lipinski definition) is 4. The first-order chi connectivity index (χ1) is 13.0. The fraction of sp³-hybridized carbons (Fsp3) is 0.350. The summed E-state index contributed by atoms with van der Waals surface area (Å²) in [4.78, 5) is 39.9. The standard InChI is InChI=1S/C20H21N3O3S/c21-18(25)17-14-8-4-5-9-15(14)27-20(17)22-19(26)12-10-16(24)23(11-12)13-6-2-1-3-7-13/h1-3,6-7,12H,4-5,8-11H2,(H2,21,25)(H,22,26)/t12-/m0/s1. The van der Waals surface area contributed by atoms with Gasteiger partial charge in [0.05, 0.1) is 11.5 Å². The summed E-state index contributed by atoms with van der Waals surface area (Å²) in [6.45, 7) is 0.339. The predicted octanol–water partition coefficient (Wildman–Crippen LogP) is 2.72. The number of anilines is 2. The number of nitrogens with zero attached hydrogens (tertiary/aromatic N) is 1. The zero-order valence-corrected chi connectivity index (χ0v) is 15.7. The van der Waals surface area contributed by atoms with Crippen LogP contribution < -0.4 is 16.0 Å². The van der Waals surface area contributed by atoms with E-state index in [0.29, 0.717) is 17.1 Å². The van der Waals surface area contributed by atoms with E-state index < -0.39 is 11.8 Å². The molecule has 0 spiro atoms. The van der Waals surface area contributed by atoms with Crippen molar-refractivity contribution < 1.29 is 14.4 Å². The van der Waals surface area contributed by atoms with Crippen LogP contribution in [0.3, 0.4) is 0 Å². The van der Waals surface area contributed by atoms with Crippen LogP contribution in [0.4, 0.5) is 10.7 Å². The van der Waals surface area contributed by atoms with Gasteiger partial charge in [-0.2, -0.15) is 0 Å². The average molecular weight is 383 g/mol. The lowest BCUT2D eigenvalue weighted by Crippen LogP contribution is -2.28. The molecule has 27 heavy (non-hydrogen) atoms. The van der Waals surface area contributed by atoms with Crippen LogP contribution in [0.15, 0.2) is 30.3 Å². The van der Waals surface area contributed by atoms with E-state index in [1.807, 2.05) is 30.3 Å². The van der Waals surface area contributed by atoms with Crippen LogP contribution in [0.5, 0.6) is 0 Å². The summed E-state index contributed by atoms with van der Waals surface area (Å²) < 4.78 is 0. The van der Waals surface area contributed by atoms with Crippen molar-refractivity contribution in [3.05, 3.63) is 46.3 Å². The van der Waals surface area contributed by atoms with E-state index in [0.717, 1.165) is 41.8 Å². The SMILES string of the molecule is NC(=O)c1c(NC(=O)[C@H]2CC(=O)N(c3ccccc3)C2)sc2c1CCCC2. The molecule has 2 aromatic rings. The molecule has 1 aliphatic heterocycles. The van der Waals surface area contributed by atoms with Crippen LogP contribution >= 0.6 is 11.3 Å². The minimum atomic E-state index is -0.502. The van der Waals surface area contributed by atoms with E-state index in [9.17, 15) is 14.4 Å². The van der Waals surface area contributed by atoms with Crippen molar-refractivity contribution in [3.63, 3.8) is 0 Å². The maximum absolute atomic E-state index is 12.8. The maximum atomic E-state index is 12.8. The molecule has 2 heterocycles. The lowest BCUT2D eigenvalue weighted by Gasteiger charge is -2.16. The van der Waals surface area contributed by atoms with Crippen molar-refractivity contribution in [2.75, 3.05) is 16.8 Å². The quantitative estimate of drug-likeness (QED) is 0.850. The van der Waals surface area contributed by atoms with Gasteiger partial charge < -0.3 is 16.0 Å². The number of primary amides is 1. The van der Waals surface area contributed by atoms with Gasteiger partial charge >= 0.3 is 0 Å². The van der Waals surface area contributed by atoms with Crippen LogP contribution in [-0.2, 0) is 22.4 Å². The molecule has 2 aliphatic rings. The number of benzene rings is 1. The van der Waals surface area contributed by atoms with Crippen molar-refractivity contribution in [1.29, 1.82) is 0 Å². The van der Waals surface area contributed by atoms with E-state index in [2.05, 4.69) is 5.32 Å². The molecule has 0 radical (unpaired) electrons. The van der Waals surface area contributed by atoms with Crippen LogP contribution in [0, 0.1) is 5.92 Å². The molecule has 6 nitrogen and oxygen atoms in total. The molecule has 3 N–H and O–H groups in total. The highest BCUT2D eigenvalue weighted by molar-refractivity contribution is 7.17. The molecule has 1 fully saturated rings. The first kappa shape index (κ1) is 17.7. The summed E-state index contributed by atoms with van der Waals surface area (Å²) in [5.41, 5.74) is 7.82. The number of rotatable bonds is 4. The minimum absolute atomic E-state index is 0.0676. The maximum Gasteiger partial charge on any atom is 0.251 e. The molecule has 140 valence electrons. The van der Waals surface area contributed by atoms with Gasteiger partial charge in [0.15, 0.2) is 0 Å². The second-order valence-electron chi connectivity index (χ2n) is 7.01. The van der Waals surface area contributed by atoms with E-state index in [1.165, 1.54) is 11.3 Å². The van der Waals surface area contributed by atoms with Gasteiger partial charge in [-0.1, -0.05) is 18.2 Å². The van der Waals surface area contributed by atoms with Crippen molar-refractivity contribution >= 4 is 39.7 Å². The third-order valence-electron chi connectivity index (χ3n) is 5.22. The third kappa shape index (κ3) is 3.35. The predicted molar refractivity (Wildman–Crippen MR) is 105 cm³/mol. The molecule has 1 saturated heterocycles.